The van der Waals surface area contributed by atoms with Gasteiger partial charge in [0.15, 0.2) is 10.4 Å². The van der Waals surface area contributed by atoms with Gasteiger partial charge < -0.3 is 14.2 Å². The summed E-state index contributed by atoms with van der Waals surface area (Å²) in [6.45, 7) is 10.2. The minimum absolute atomic E-state index is 0.0823. The first-order valence-corrected chi connectivity index (χ1v) is 14.0. The van der Waals surface area contributed by atoms with Gasteiger partial charge in [-0.2, -0.15) is 0 Å². The van der Waals surface area contributed by atoms with Gasteiger partial charge in [-0.1, -0.05) is 61.1 Å². The van der Waals surface area contributed by atoms with Gasteiger partial charge in [0.05, 0.1) is 15.9 Å². The van der Waals surface area contributed by atoms with Gasteiger partial charge in [-0.15, -0.1) is 0 Å². The zero-order valence-corrected chi connectivity index (χ0v) is 24.6. The van der Waals surface area contributed by atoms with Crippen molar-refractivity contribution in [1.29, 1.82) is 5.41 Å². The number of furan rings is 1. The molecule has 0 aliphatic carbocycles. The van der Waals surface area contributed by atoms with E-state index in [0.717, 1.165) is 23.0 Å². The number of halogens is 2. The molecule has 1 aromatic carbocycles. The third-order valence-electron chi connectivity index (χ3n) is 6.49. The molecule has 1 amide bonds. The van der Waals surface area contributed by atoms with Crippen molar-refractivity contribution in [3.63, 3.8) is 0 Å². The van der Waals surface area contributed by atoms with Gasteiger partial charge >= 0.3 is 0 Å². The van der Waals surface area contributed by atoms with E-state index < -0.39 is 0 Å². The largest absolute Gasteiger partial charge is 0.443 e. The monoisotopic (exact) mass is 615 g/mol. The first-order valence-electron chi connectivity index (χ1n) is 12.4. The van der Waals surface area contributed by atoms with Crippen molar-refractivity contribution in [3.8, 4) is 0 Å². The first kappa shape index (κ1) is 28.2. The van der Waals surface area contributed by atoms with E-state index >= 15 is 0 Å². The molecule has 0 bridgehead atoms. The van der Waals surface area contributed by atoms with E-state index in [4.69, 9.17) is 9.83 Å². The van der Waals surface area contributed by atoms with Gasteiger partial charge in [-0.3, -0.25) is 10.2 Å². The van der Waals surface area contributed by atoms with E-state index in [-0.39, 0.29) is 11.9 Å². The maximum Gasteiger partial charge on any atom is 0.289 e. The Bertz CT molecular complexity index is 1150. The number of benzene rings is 1. The van der Waals surface area contributed by atoms with Crippen molar-refractivity contribution in [2.45, 2.75) is 46.6 Å². The van der Waals surface area contributed by atoms with Crippen LogP contribution in [-0.2, 0) is 6.42 Å². The summed E-state index contributed by atoms with van der Waals surface area (Å²) in [5, 5.41) is 8.66. The smallest absolute Gasteiger partial charge is 0.289 e. The molecular weight excluding hydrogens is 582 g/mol. The fraction of sp³-hybridized carbons (Fsp3) is 0.379. The molecule has 2 heterocycles. The minimum Gasteiger partial charge on any atom is -0.443 e. The number of piperazine rings is 1. The third-order valence-corrected chi connectivity index (χ3v) is 8.20. The zero-order valence-electron chi connectivity index (χ0n) is 21.4. The summed E-state index contributed by atoms with van der Waals surface area (Å²) in [5.74, 6) is 0.662. The Hall–Kier alpha value is -2.38. The average molecular weight is 617 g/mol. The fourth-order valence-corrected chi connectivity index (χ4v) is 5.11. The van der Waals surface area contributed by atoms with Gasteiger partial charge in [0.2, 0.25) is 0 Å². The van der Waals surface area contributed by atoms with E-state index in [0.29, 0.717) is 41.7 Å². The maximum absolute atomic E-state index is 12.9. The van der Waals surface area contributed by atoms with Crippen LogP contribution in [0.3, 0.4) is 0 Å². The molecule has 7 heteroatoms. The zero-order chi connectivity index (χ0) is 26.2. The molecule has 5 nitrogen and oxygen atoms in total. The number of carbonyl (C=O) groups excluding carboxylic acids is 1. The Morgan fingerprint density at radius 2 is 2.03 bits per heavy atom. The van der Waals surface area contributed by atoms with Crippen molar-refractivity contribution in [1.82, 2.24) is 9.80 Å². The molecule has 1 aliphatic heterocycles. The standard InChI is InChI=1S/C29H35Br2N3O2/c1-5-22(17-23-12-9-10-20(3)16-23)11-7-8-13-25(32)26(6-2)34-15-14-33(19-21(34)4)29(35)27-18-24(30)28(31)36-27/h6-13,16,18,21-22,32H,5,14-15,17,19H2,1-4H3/b11-7+,13-8+,26-6?,32-25?. The van der Waals surface area contributed by atoms with Crippen LogP contribution in [0.25, 0.3) is 0 Å². The number of amides is 1. The molecule has 0 radical (unpaired) electrons. The molecule has 1 N–H and O–H groups in total. The topological polar surface area (TPSA) is 60.5 Å². The molecule has 3 rings (SSSR count). The van der Waals surface area contributed by atoms with E-state index in [9.17, 15) is 4.79 Å². The van der Waals surface area contributed by atoms with Crippen molar-refractivity contribution in [2.75, 3.05) is 19.6 Å². The van der Waals surface area contributed by atoms with Gasteiger partial charge in [0.1, 0.15) is 0 Å². The molecule has 0 saturated carbocycles. The molecule has 2 atom stereocenters. The van der Waals surface area contributed by atoms with Crippen molar-refractivity contribution < 1.29 is 9.21 Å². The SMILES string of the molecule is CC=C(C(=N)/C=C/C=C/C(CC)Cc1cccc(C)c1)N1CCN(C(=O)c2cc(Br)c(Br)o2)CC1C. The summed E-state index contributed by atoms with van der Waals surface area (Å²) in [6, 6.07) is 10.5. The lowest BCUT2D eigenvalue weighted by atomic mass is 9.95. The van der Waals surface area contributed by atoms with Crippen molar-refractivity contribution in [2.24, 2.45) is 5.92 Å². The number of hydrogen-bond donors (Lipinski definition) is 1. The number of rotatable bonds is 9. The van der Waals surface area contributed by atoms with Crippen LogP contribution < -0.4 is 0 Å². The molecule has 192 valence electrons. The van der Waals surface area contributed by atoms with Crippen LogP contribution in [-0.4, -0.2) is 47.1 Å². The molecule has 0 spiro atoms. The second kappa shape index (κ2) is 13.2. The highest BCUT2D eigenvalue weighted by molar-refractivity contribution is 9.13. The normalized spacial score (nSPS) is 17.8. The molecule has 1 fully saturated rings. The summed E-state index contributed by atoms with van der Waals surface area (Å²) in [6.07, 6.45) is 12.2. The van der Waals surface area contributed by atoms with Crippen LogP contribution in [0, 0.1) is 18.3 Å². The number of nitrogens with one attached hydrogen (secondary N) is 1. The maximum atomic E-state index is 12.9. The quantitative estimate of drug-likeness (QED) is 0.233. The molecular formula is C29H35Br2N3O2. The van der Waals surface area contributed by atoms with Crippen LogP contribution in [0.1, 0.15) is 48.9 Å². The van der Waals surface area contributed by atoms with Crippen LogP contribution in [0.15, 0.2) is 80.0 Å². The average Bonchev–Trinajstić information content (AvgIpc) is 3.19. The summed E-state index contributed by atoms with van der Waals surface area (Å²) in [4.78, 5) is 16.9. The van der Waals surface area contributed by atoms with Gasteiger partial charge in [0, 0.05) is 31.7 Å². The third kappa shape index (κ3) is 7.32. The van der Waals surface area contributed by atoms with Gasteiger partial charge in [0.25, 0.3) is 5.91 Å². The fourth-order valence-electron chi connectivity index (χ4n) is 4.53. The highest BCUT2D eigenvalue weighted by Gasteiger charge is 2.30. The van der Waals surface area contributed by atoms with Gasteiger partial charge in [-0.25, -0.2) is 0 Å². The van der Waals surface area contributed by atoms with Crippen LogP contribution >= 0.6 is 31.9 Å². The highest BCUT2D eigenvalue weighted by Crippen LogP contribution is 2.28. The number of aryl methyl sites for hydroxylation is 1. The lowest BCUT2D eigenvalue weighted by Gasteiger charge is -2.42. The molecule has 1 aromatic heterocycles. The lowest BCUT2D eigenvalue weighted by molar-refractivity contribution is 0.0563. The predicted octanol–water partition coefficient (Wildman–Crippen LogP) is 7.56. The second-order valence-electron chi connectivity index (χ2n) is 9.22. The second-order valence-corrected chi connectivity index (χ2v) is 10.8. The first-order chi connectivity index (χ1) is 17.2. The van der Waals surface area contributed by atoms with E-state index in [1.165, 1.54) is 11.1 Å². The molecule has 36 heavy (non-hydrogen) atoms. The molecule has 1 aliphatic rings. The van der Waals surface area contributed by atoms with E-state index in [1.807, 2.05) is 30.1 Å². The van der Waals surface area contributed by atoms with Crippen molar-refractivity contribution >= 4 is 43.5 Å². The minimum atomic E-state index is -0.119. The Morgan fingerprint density at radius 3 is 2.64 bits per heavy atom. The van der Waals surface area contributed by atoms with Crippen molar-refractivity contribution in [3.05, 3.63) is 92.4 Å². The number of carbonyl (C=O) groups is 1. The molecule has 2 aromatic rings. The summed E-state index contributed by atoms with van der Waals surface area (Å²) >= 11 is 6.66. The molecule has 2 unspecified atom stereocenters. The van der Waals surface area contributed by atoms with Crippen LogP contribution in [0.2, 0.25) is 0 Å². The summed E-state index contributed by atoms with van der Waals surface area (Å²) < 4.78 is 6.76. The number of hydrogen-bond acceptors (Lipinski definition) is 4. The van der Waals surface area contributed by atoms with E-state index in [2.05, 4.69) is 93.9 Å². The van der Waals surface area contributed by atoms with E-state index in [1.54, 1.807) is 6.07 Å². The summed E-state index contributed by atoms with van der Waals surface area (Å²) in [7, 11) is 0. The number of nitrogens with zero attached hydrogens (tertiary/aromatic N) is 2. The number of allylic oxidation sites excluding steroid dienone is 5. The summed E-state index contributed by atoms with van der Waals surface area (Å²) in [5.41, 5.74) is 4.01. The molecule has 1 saturated heterocycles. The lowest BCUT2D eigenvalue weighted by Crippen LogP contribution is -2.53. The van der Waals surface area contributed by atoms with Crippen LogP contribution in [0.4, 0.5) is 0 Å². The van der Waals surface area contributed by atoms with Crippen LogP contribution in [0.5, 0.6) is 0 Å². The Kier molecular flexibility index (Phi) is 10.4. The van der Waals surface area contributed by atoms with Gasteiger partial charge in [-0.05, 0) is 83.0 Å². The Labute approximate surface area is 231 Å². The highest BCUT2D eigenvalue weighted by atomic mass is 79.9. The predicted molar refractivity (Wildman–Crippen MR) is 155 cm³/mol. The Morgan fingerprint density at radius 1 is 1.25 bits per heavy atom. The Balaban J connectivity index is 1.57.